The Hall–Kier alpha value is -3.63. The third-order valence-corrected chi connectivity index (χ3v) is 8.02. The number of carbonyl (C=O) groups excluding carboxylic acids is 3. The Morgan fingerprint density at radius 1 is 0.625 bits per heavy atom. The molecule has 2 aromatic rings. The number of hydrogen-bond donors (Lipinski definition) is 4. The lowest BCUT2D eigenvalue weighted by Crippen LogP contribution is -2.56. The summed E-state index contributed by atoms with van der Waals surface area (Å²) in [6.45, 7) is 10.2. The van der Waals surface area contributed by atoms with Crippen molar-refractivity contribution in [2.75, 3.05) is 6.73 Å². The smallest absolute Gasteiger partial charge is 0.409 e. The molecular formula is C38H60N4O6. The van der Waals surface area contributed by atoms with Crippen molar-refractivity contribution in [3.63, 3.8) is 0 Å². The minimum Gasteiger partial charge on any atom is -0.445 e. The number of benzene rings is 2. The van der Waals surface area contributed by atoms with Gasteiger partial charge in [-0.25, -0.2) is 9.59 Å². The average Bonchev–Trinajstić information content (AvgIpc) is 3.08. The normalized spacial score (nSPS) is 13.1. The van der Waals surface area contributed by atoms with Gasteiger partial charge in [0.2, 0.25) is 5.91 Å². The number of amides is 3. The van der Waals surface area contributed by atoms with Crippen molar-refractivity contribution in [3.05, 3.63) is 71.8 Å². The van der Waals surface area contributed by atoms with E-state index in [2.05, 4.69) is 28.2 Å². The summed E-state index contributed by atoms with van der Waals surface area (Å²) in [4.78, 5) is 38.6. The molecule has 0 fully saturated rings. The van der Waals surface area contributed by atoms with Gasteiger partial charge in [0.05, 0.1) is 6.17 Å². The Bertz CT molecular complexity index is 1150. The van der Waals surface area contributed by atoms with Gasteiger partial charge in [0.15, 0.2) is 0 Å². The molecule has 0 aromatic heterocycles. The van der Waals surface area contributed by atoms with Crippen LogP contribution in [0.3, 0.4) is 0 Å². The molecular weight excluding hydrogens is 608 g/mol. The van der Waals surface area contributed by atoms with Crippen molar-refractivity contribution in [1.29, 1.82) is 0 Å². The van der Waals surface area contributed by atoms with Crippen LogP contribution in [0.15, 0.2) is 60.7 Å². The summed E-state index contributed by atoms with van der Waals surface area (Å²) in [6, 6.07) is 18.1. The van der Waals surface area contributed by atoms with E-state index < -0.39 is 30.6 Å². The summed E-state index contributed by atoms with van der Waals surface area (Å²) in [5.41, 5.74) is 1.76. The molecule has 0 heterocycles. The van der Waals surface area contributed by atoms with Gasteiger partial charge < -0.3 is 24.8 Å². The maximum absolute atomic E-state index is 13.5. The average molecular weight is 669 g/mol. The zero-order valence-corrected chi connectivity index (χ0v) is 29.8. The van der Waals surface area contributed by atoms with Gasteiger partial charge >= 0.3 is 12.2 Å². The lowest BCUT2D eigenvalue weighted by atomic mass is 10.0. The summed E-state index contributed by atoms with van der Waals surface area (Å²) >= 11 is 0. The largest absolute Gasteiger partial charge is 0.445 e. The molecule has 3 atom stereocenters. The molecule has 0 radical (unpaired) electrons. The second-order valence-electron chi connectivity index (χ2n) is 13.0. The van der Waals surface area contributed by atoms with E-state index in [-0.39, 0.29) is 37.7 Å². The lowest BCUT2D eigenvalue weighted by molar-refractivity contribution is -0.125. The molecule has 0 saturated heterocycles. The van der Waals surface area contributed by atoms with Gasteiger partial charge in [0, 0.05) is 0 Å². The second-order valence-corrected chi connectivity index (χ2v) is 13.0. The second kappa shape index (κ2) is 24.5. The summed E-state index contributed by atoms with van der Waals surface area (Å²) in [5, 5.41) is 11.9. The van der Waals surface area contributed by atoms with Crippen LogP contribution in [0, 0.1) is 11.8 Å². The highest BCUT2D eigenvalue weighted by Crippen LogP contribution is 2.12. The van der Waals surface area contributed by atoms with Gasteiger partial charge in [0.1, 0.15) is 32.2 Å². The molecule has 268 valence electrons. The van der Waals surface area contributed by atoms with Crippen molar-refractivity contribution in [3.8, 4) is 0 Å². The van der Waals surface area contributed by atoms with E-state index in [0.717, 1.165) is 30.4 Å². The molecule has 4 N–H and O–H groups in total. The Balaban J connectivity index is 1.92. The van der Waals surface area contributed by atoms with Crippen LogP contribution >= 0.6 is 0 Å². The van der Waals surface area contributed by atoms with Gasteiger partial charge in [-0.15, -0.1) is 0 Å². The van der Waals surface area contributed by atoms with E-state index in [0.29, 0.717) is 6.42 Å². The quantitative estimate of drug-likeness (QED) is 0.0665. The van der Waals surface area contributed by atoms with Gasteiger partial charge in [-0.2, -0.15) is 0 Å². The third kappa shape index (κ3) is 18.1. The molecule has 0 aliphatic carbocycles. The molecule has 0 aliphatic rings. The first-order valence-corrected chi connectivity index (χ1v) is 17.8. The SMILES string of the molecule is CCCCCCCCCCCC(NCOC(NC(=O)OCc1ccccc1)C(C)C)NC(=O)C(NC(=O)OCc1ccccc1)C(C)C. The van der Waals surface area contributed by atoms with Gasteiger partial charge in [0.25, 0.3) is 0 Å². The van der Waals surface area contributed by atoms with E-state index >= 15 is 0 Å². The Morgan fingerprint density at radius 2 is 1.12 bits per heavy atom. The predicted octanol–water partition coefficient (Wildman–Crippen LogP) is 7.77. The van der Waals surface area contributed by atoms with Crippen molar-refractivity contribution < 1.29 is 28.6 Å². The molecule has 2 aromatic carbocycles. The van der Waals surface area contributed by atoms with Crippen molar-refractivity contribution in [1.82, 2.24) is 21.3 Å². The van der Waals surface area contributed by atoms with E-state index in [4.69, 9.17) is 14.2 Å². The molecule has 0 aliphatic heterocycles. The molecule has 10 nitrogen and oxygen atoms in total. The number of carbonyl (C=O) groups is 3. The predicted molar refractivity (Wildman–Crippen MR) is 190 cm³/mol. The maximum Gasteiger partial charge on any atom is 0.409 e. The fourth-order valence-corrected chi connectivity index (χ4v) is 5.09. The van der Waals surface area contributed by atoms with Crippen molar-refractivity contribution >= 4 is 18.1 Å². The van der Waals surface area contributed by atoms with Gasteiger partial charge in [-0.3, -0.25) is 15.4 Å². The Kier molecular flexibility index (Phi) is 20.7. The number of hydrogen-bond acceptors (Lipinski definition) is 7. The molecule has 10 heteroatoms. The van der Waals surface area contributed by atoms with E-state index in [9.17, 15) is 14.4 Å². The zero-order valence-electron chi connectivity index (χ0n) is 29.8. The number of rotatable bonds is 24. The number of nitrogens with one attached hydrogen (secondary N) is 4. The topological polar surface area (TPSA) is 127 Å². The number of unbranched alkanes of at least 4 members (excludes halogenated alkanes) is 8. The van der Waals surface area contributed by atoms with Crippen LogP contribution in [0.1, 0.15) is 110 Å². The molecule has 0 bridgehead atoms. The highest BCUT2D eigenvalue weighted by Gasteiger charge is 2.27. The fourth-order valence-electron chi connectivity index (χ4n) is 5.09. The van der Waals surface area contributed by atoms with Crippen LogP contribution in [0.4, 0.5) is 9.59 Å². The highest BCUT2D eigenvalue weighted by atomic mass is 16.6. The summed E-state index contributed by atoms with van der Waals surface area (Å²) in [5.74, 6) is -0.508. The minimum atomic E-state index is -0.786. The van der Waals surface area contributed by atoms with Crippen molar-refractivity contribution in [2.45, 2.75) is 130 Å². The van der Waals surface area contributed by atoms with E-state index in [1.54, 1.807) is 0 Å². The van der Waals surface area contributed by atoms with Crippen LogP contribution in [-0.2, 0) is 32.2 Å². The minimum absolute atomic E-state index is 0.0298. The van der Waals surface area contributed by atoms with Crippen LogP contribution in [0.2, 0.25) is 0 Å². The molecule has 3 unspecified atom stereocenters. The molecule has 2 rings (SSSR count). The van der Waals surface area contributed by atoms with Crippen LogP contribution in [0.5, 0.6) is 0 Å². The summed E-state index contributed by atoms with van der Waals surface area (Å²) in [6.07, 6.45) is 9.20. The fraction of sp³-hybridized carbons (Fsp3) is 0.605. The molecule has 48 heavy (non-hydrogen) atoms. The summed E-state index contributed by atoms with van der Waals surface area (Å²) < 4.78 is 16.8. The Morgan fingerprint density at radius 3 is 1.62 bits per heavy atom. The first-order valence-electron chi connectivity index (χ1n) is 17.8. The third-order valence-electron chi connectivity index (χ3n) is 8.02. The maximum atomic E-state index is 13.5. The van der Waals surface area contributed by atoms with Gasteiger partial charge in [-0.1, -0.05) is 153 Å². The van der Waals surface area contributed by atoms with Crippen LogP contribution < -0.4 is 21.3 Å². The lowest BCUT2D eigenvalue weighted by Gasteiger charge is -2.28. The van der Waals surface area contributed by atoms with Gasteiger partial charge in [-0.05, 0) is 29.4 Å². The van der Waals surface area contributed by atoms with Crippen LogP contribution in [0.25, 0.3) is 0 Å². The monoisotopic (exact) mass is 668 g/mol. The standard InChI is InChI=1S/C38H60N4O6/c1-6-7-8-9-10-11-12-13-20-25-33(39-28-48-36(30(4)5)42-38(45)47-27-32-23-18-15-19-24-32)40-35(43)34(29(2)3)41-37(44)46-26-31-21-16-14-17-22-31/h14-19,21-24,29-30,33-34,36,39H,6-13,20,25-28H2,1-5H3,(H,40,43)(H,41,44)(H,42,45). The van der Waals surface area contributed by atoms with E-state index in [1.807, 2.05) is 88.4 Å². The first kappa shape index (κ1) is 40.5. The summed E-state index contributed by atoms with van der Waals surface area (Å²) in [7, 11) is 0. The number of ether oxygens (including phenoxy) is 3. The Labute approximate surface area is 288 Å². The molecule has 3 amide bonds. The van der Waals surface area contributed by atoms with Crippen LogP contribution in [-0.4, -0.2) is 43.3 Å². The molecule has 0 spiro atoms. The zero-order chi connectivity index (χ0) is 35.0. The number of alkyl carbamates (subject to hydrolysis) is 2. The highest BCUT2D eigenvalue weighted by molar-refractivity contribution is 5.86. The van der Waals surface area contributed by atoms with Crippen molar-refractivity contribution in [2.24, 2.45) is 11.8 Å². The molecule has 0 saturated carbocycles. The van der Waals surface area contributed by atoms with E-state index in [1.165, 1.54) is 38.5 Å². The first-order chi connectivity index (χ1) is 23.2.